The minimum atomic E-state index is -4.63. The van der Waals surface area contributed by atoms with Crippen LogP contribution in [0.2, 0.25) is 0 Å². The van der Waals surface area contributed by atoms with Gasteiger partial charge in [-0.1, -0.05) is 0 Å². The highest BCUT2D eigenvalue weighted by Crippen LogP contribution is 2.35. The Hall–Kier alpha value is -1.59. The molecule has 0 unspecified atom stereocenters. The van der Waals surface area contributed by atoms with Crippen LogP contribution in [0.1, 0.15) is 25.0 Å². The van der Waals surface area contributed by atoms with E-state index in [2.05, 4.69) is 0 Å². The molecule has 0 saturated heterocycles. The van der Waals surface area contributed by atoms with E-state index < -0.39 is 35.4 Å². The summed E-state index contributed by atoms with van der Waals surface area (Å²) in [5.41, 5.74) is -2.75. The lowest BCUT2D eigenvalue weighted by Gasteiger charge is -2.21. The van der Waals surface area contributed by atoms with Gasteiger partial charge < -0.3 is 5.11 Å². The van der Waals surface area contributed by atoms with Crippen molar-refractivity contribution in [3.05, 3.63) is 35.1 Å². The van der Waals surface area contributed by atoms with Crippen molar-refractivity contribution in [1.29, 1.82) is 0 Å². The Labute approximate surface area is 101 Å². The summed E-state index contributed by atoms with van der Waals surface area (Å²) in [5, 5.41) is 8.89. The third kappa shape index (κ3) is 3.21. The quantitative estimate of drug-likeness (QED) is 0.848. The molecule has 0 spiro atoms. The van der Waals surface area contributed by atoms with Gasteiger partial charge in [0.25, 0.3) is 0 Å². The molecule has 0 fully saturated rings. The Bertz CT molecular complexity index is 464. The molecule has 0 aliphatic rings. The van der Waals surface area contributed by atoms with Gasteiger partial charge in [-0.2, -0.15) is 13.2 Å². The molecule has 1 aromatic rings. The van der Waals surface area contributed by atoms with Crippen LogP contribution in [0.25, 0.3) is 0 Å². The van der Waals surface area contributed by atoms with Crippen LogP contribution < -0.4 is 0 Å². The van der Waals surface area contributed by atoms with Gasteiger partial charge in [0, 0.05) is 0 Å². The SMILES string of the molecule is CC(C)(Cc1cc(F)ccc1C(F)(F)F)C(=O)O. The van der Waals surface area contributed by atoms with Crippen molar-refractivity contribution >= 4 is 5.97 Å². The molecule has 0 amide bonds. The molecule has 2 nitrogen and oxygen atoms in total. The van der Waals surface area contributed by atoms with E-state index in [0.717, 1.165) is 6.07 Å². The standard InChI is InChI=1S/C12H12F4O2/c1-11(2,10(17)18)6-7-5-8(13)3-4-9(7)12(14,15)16/h3-5H,6H2,1-2H3,(H,17,18). The molecule has 0 bridgehead atoms. The third-order valence-electron chi connectivity index (χ3n) is 2.58. The number of carboxylic acid groups (broad SMARTS) is 1. The first-order valence-corrected chi connectivity index (χ1v) is 5.13. The second-order valence-electron chi connectivity index (χ2n) is 4.67. The maximum absolute atomic E-state index is 13.0. The Morgan fingerprint density at radius 3 is 2.28 bits per heavy atom. The minimum Gasteiger partial charge on any atom is -0.481 e. The summed E-state index contributed by atoms with van der Waals surface area (Å²) in [4.78, 5) is 10.9. The minimum absolute atomic E-state index is 0.352. The first kappa shape index (κ1) is 14.5. The van der Waals surface area contributed by atoms with Gasteiger partial charge in [-0.25, -0.2) is 4.39 Å². The van der Waals surface area contributed by atoms with Crippen molar-refractivity contribution in [1.82, 2.24) is 0 Å². The molecule has 1 rings (SSSR count). The predicted molar refractivity (Wildman–Crippen MR) is 56.5 cm³/mol. The van der Waals surface area contributed by atoms with Crippen molar-refractivity contribution in [2.45, 2.75) is 26.4 Å². The highest BCUT2D eigenvalue weighted by Gasteiger charge is 2.36. The fraction of sp³-hybridized carbons (Fsp3) is 0.417. The van der Waals surface area contributed by atoms with Gasteiger partial charge in [0.2, 0.25) is 0 Å². The number of rotatable bonds is 3. The molecule has 0 heterocycles. The van der Waals surface area contributed by atoms with Crippen LogP contribution in [0.4, 0.5) is 17.6 Å². The van der Waals surface area contributed by atoms with Crippen LogP contribution in [0.15, 0.2) is 18.2 Å². The first-order valence-electron chi connectivity index (χ1n) is 5.13. The number of halogens is 4. The van der Waals surface area contributed by atoms with Gasteiger partial charge in [-0.3, -0.25) is 4.79 Å². The van der Waals surface area contributed by atoms with Crippen molar-refractivity contribution in [3.63, 3.8) is 0 Å². The molecule has 0 aromatic heterocycles. The number of alkyl halides is 3. The summed E-state index contributed by atoms with van der Waals surface area (Å²) in [7, 11) is 0. The predicted octanol–water partition coefficient (Wildman–Crippen LogP) is 3.50. The summed E-state index contributed by atoms with van der Waals surface area (Å²) in [5.74, 6) is -2.06. The first-order chi connectivity index (χ1) is 8.04. The summed E-state index contributed by atoms with van der Waals surface area (Å²) in [6.45, 7) is 2.58. The largest absolute Gasteiger partial charge is 0.481 e. The molecule has 100 valence electrons. The summed E-state index contributed by atoms with van der Waals surface area (Å²) in [6, 6.07) is 2.07. The molecule has 6 heteroatoms. The maximum Gasteiger partial charge on any atom is 0.416 e. The van der Waals surface area contributed by atoms with E-state index >= 15 is 0 Å². The van der Waals surface area contributed by atoms with Crippen molar-refractivity contribution in [2.75, 3.05) is 0 Å². The van der Waals surface area contributed by atoms with Gasteiger partial charge in [0.05, 0.1) is 11.0 Å². The molecule has 0 atom stereocenters. The lowest BCUT2D eigenvalue weighted by atomic mass is 9.84. The van der Waals surface area contributed by atoms with Crippen LogP contribution in [-0.4, -0.2) is 11.1 Å². The Morgan fingerprint density at radius 1 is 1.28 bits per heavy atom. The van der Waals surface area contributed by atoms with Gasteiger partial charge in [-0.05, 0) is 44.0 Å². The lowest BCUT2D eigenvalue weighted by molar-refractivity contribution is -0.148. The number of hydrogen-bond acceptors (Lipinski definition) is 1. The topological polar surface area (TPSA) is 37.3 Å². The molecule has 0 radical (unpaired) electrons. The molecule has 1 N–H and O–H groups in total. The molecule has 0 aliphatic carbocycles. The highest BCUT2D eigenvalue weighted by molar-refractivity contribution is 5.74. The smallest absolute Gasteiger partial charge is 0.416 e. The number of hydrogen-bond donors (Lipinski definition) is 1. The zero-order chi connectivity index (χ0) is 14.1. The molecular weight excluding hydrogens is 252 g/mol. The number of aliphatic carboxylic acids is 1. The highest BCUT2D eigenvalue weighted by atomic mass is 19.4. The van der Waals surface area contributed by atoms with E-state index in [1.54, 1.807) is 0 Å². The van der Waals surface area contributed by atoms with E-state index in [4.69, 9.17) is 5.11 Å². The number of carbonyl (C=O) groups is 1. The van der Waals surface area contributed by atoms with Crippen molar-refractivity contribution in [2.24, 2.45) is 5.41 Å². The summed E-state index contributed by atoms with van der Waals surface area (Å²) in [6.07, 6.45) is -5.02. The van der Waals surface area contributed by atoms with Gasteiger partial charge >= 0.3 is 12.1 Å². The molecule has 0 aliphatic heterocycles. The Morgan fingerprint density at radius 2 is 1.83 bits per heavy atom. The fourth-order valence-corrected chi connectivity index (χ4v) is 1.54. The summed E-state index contributed by atoms with van der Waals surface area (Å²) >= 11 is 0. The zero-order valence-electron chi connectivity index (χ0n) is 9.81. The van der Waals surface area contributed by atoms with E-state index in [-0.39, 0.29) is 5.56 Å². The molecular formula is C12H12F4O2. The van der Waals surface area contributed by atoms with E-state index in [1.807, 2.05) is 0 Å². The van der Waals surface area contributed by atoms with Gasteiger partial charge in [0.1, 0.15) is 5.82 Å². The van der Waals surface area contributed by atoms with Crippen LogP contribution in [0.5, 0.6) is 0 Å². The lowest BCUT2D eigenvalue weighted by Crippen LogP contribution is -2.27. The van der Waals surface area contributed by atoms with Crippen LogP contribution in [-0.2, 0) is 17.4 Å². The average molecular weight is 264 g/mol. The van der Waals surface area contributed by atoms with Crippen LogP contribution >= 0.6 is 0 Å². The van der Waals surface area contributed by atoms with Crippen LogP contribution in [0.3, 0.4) is 0 Å². The number of benzene rings is 1. The van der Waals surface area contributed by atoms with Gasteiger partial charge in [-0.15, -0.1) is 0 Å². The Balaban J connectivity index is 3.23. The van der Waals surface area contributed by atoms with Crippen LogP contribution in [0, 0.1) is 11.2 Å². The molecule has 1 aromatic carbocycles. The van der Waals surface area contributed by atoms with E-state index in [0.29, 0.717) is 12.1 Å². The Kier molecular flexibility index (Phi) is 3.69. The monoisotopic (exact) mass is 264 g/mol. The molecule has 0 saturated carbocycles. The third-order valence-corrected chi connectivity index (χ3v) is 2.58. The average Bonchev–Trinajstić information content (AvgIpc) is 2.14. The van der Waals surface area contributed by atoms with Gasteiger partial charge in [0.15, 0.2) is 0 Å². The maximum atomic E-state index is 13.0. The van der Waals surface area contributed by atoms with E-state index in [9.17, 15) is 22.4 Å². The summed E-state index contributed by atoms with van der Waals surface area (Å²) < 4.78 is 51.1. The zero-order valence-corrected chi connectivity index (χ0v) is 9.81. The molecule has 18 heavy (non-hydrogen) atoms. The number of carboxylic acids is 1. The second kappa shape index (κ2) is 4.59. The fourth-order valence-electron chi connectivity index (χ4n) is 1.54. The van der Waals surface area contributed by atoms with Crippen molar-refractivity contribution < 1.29 is 27.5 Å². The van der Waals surface area contributed by atoms with Crippen molar-refractivity contribution in [3.8, 4) is 0 Å². The second-order valence-corrected chi connectivity index (χ2v) is 4.67. The van der Waals surface area contributed by atoms with E-state index in [1.165, 1.54) is 13.8 Å². The normalized spacial score (nSPS) is 12.6.